The van der Waals surface area contributed by atoms with Crippen molar-refractivity contribution < 1.29 is 19.1 Å². The summed E-state index contributed by atoms with van der Waals surface area (Å²) >= 11 is 12.5. The lowest BCUT2D eigenvalue weighted by molar-refractivity contribution is -0.136. The van der Waals surface area contributed by atoms with Gasteiger partial charge >= 0.3 is 6.09 Å². The second-order valence-electron chi connectivity index (χ2n) is 10.8. The Bertz CT molecular complexity index is 1150. The van der Waals surface area contributed by atoms with Crippen LogP contribution >= 0.6 is 23.2 Å². The maximum absolute atomic E-state index is 13.6. The zero-order chi connectivity index (χ0) is 26.8. The highest BCUT2D eigenvalue weighted by Gasteiger charge is 2.42. The monoisotopic (exact) mass is 559 g/mol. The van der Waals surface area contributed by atoms with Crippen molar-refractivity contribution in [3.8, 4) is 11.5 Å². The average Bonchev–Trinajstić information content (AvgIpc) is 3.64. The maximum atomic E-state index is 13.6. The van der Waals surface area contributed by atoms with E-state index < -0.39 is 6.09 Å². The Morgan fingerprint density at radius 2 is 1.63 bits per heavy atom. The second-order valence-corrected chi connectivity index (χ2v) is 11.6. The van der Waals surface area contributed by atoms with Gasteiger partial charge in [0, 0.05) is 38.5 Å². The van der Waals surface area contributed by atoms with Crippen molar-refractivity contribution in [2.24, 2.45) is 11.8 Å². The third-order valence-electron chi connectivity index (χ3n) is 8.17. The van der Waals surface area contributed by atoms with Crippen molar-refractivity contribution in [1.82, 2.24) is 14.7 Å². The van der Waals surface area contributed by atoms with Crippen molar-refractivity contribution >= 4 is 35.2 Å². The van der Waals surface area contributed by atoms with Gasteiger partial charge in [0.25, 0.3) is 0 Å². The molecule has 204 valence electrons. The molecule has 0 unspecified atom stereocenters. The number of amides is 2. The number of hydrogen-bond donors (Lipinski definition) is 0. The molecular formula is C29H35Cl2N3O4. The number of ether oxygens (including phenoxy) is 2. The van der Waals surface area contributed by atoms with Gasteiger partial charge in [0.1, 0.15) is 11.5 Å². The highest BCUT2D eigenvalue weighted by Crippen LogP contribution is 2.36. The predicted molar refractivity (Wildman–Crippen MR) is 148 cm³/mol. The van der Waals surface area contributed by atoms with Gasteiger partial charge in [0.2, 0.25) is 5.91 Å². The summed E-state index contributed by atoms with van der Waals surface area (Å²) in [6.45, 7) is 4.10. The molecule has 1 saturated carbocycles. The molecule has 2 saturated heterocycles. The van der Waals surface area contributed by atoms with Crippen LogP contribution in [-0.4, -0.2) is 79.6 Å². The minimum Gasteiger partial charge on any atom is -0.497 e. The standard InChI is InChI=1S/C29H35Cl2N3O4/c1-32(29(36)38-23-8-6-22(37-2)7-9-23)27-18-34(17-24(27)21-5-10-25(30)26(31)15-21)28(35)20-11-13-33(14-12-20)16-19-3-4-19/h5-10,15,19-20,24,27H,3-4,11-14,16-18H2,1-2H3/t24-,27+/m0/s1. The highest BCUT2D eigenvalue weighted by atomic mass is 35.5. The number of nitrogens with zero attached hydrogens (tertiary/aromatic N) is 3. The first-order valence-electron chi connectivity index (χ1n) is 13.4. The molecule has 2 aromatic carbocycles. The first kappa shape index (κ1) is 27.1. The van der Waals surface area contributed by atoms with Crippen molar-refractivity contribution in [3.05, 3.63) is 58.1 Å². The number of carbonyl (C=O) groups excluding carboxylic acids is 2. The Hall–Kier alpha value is -2.48. The molecule has 2 atom stereocenters. The zero-order valence-electron chi connectivity index (χ0n) is 21.9. The molecule has 2 heterocycles. The Morgan fingerprint density at radius 3 is 2.26 bits per heavy atom. The molecule has 0 aromatic heterocycles. The summed E-state index contributed by atoms with van der Waals surface area (Å²) in [7, 11) is 3.31. The Balaban J connectivity index is 1.29. The van der Waals surface area contributed by atoms with E-state index in [1.807, 2.05) is 17.0 Å². The maximum Gasteiger partial charge on any atom is 0.415 e. The number of rotatable bonds is 7. The van der Waals surface area contributed by atoms with Gasteiger partial charge in [-0.05, 0) is 86.7 Å². The number of hydrogen-bond acceptors (Lipinski definition) is 5. The molecule has 1 aliphatic carbocycles. The molecule has 0 radical (unpaired) electrons. The summed E-state index contributed by atoms with van der Waals surface area (Å²) in [5.74, 6) is 2.06. The molecule has 3 aliphatic rings. The minimum atomic E-state index is -0.479. The van der Waals surface area contributed by atoms with Crippen LogP contribution in [-0.2, 0) is 4.79 Å². The quantitative estimate of drug-likeness (QED) is 0.445. The molecule has 3 fully saturated rings. The summed E-state index contributed by atoms with van der Waals surface area (Å²) < 4.78 is 10.8. The number of carbonyl (C=O) groups is 2. The van der Waals surface area contributed by atoms with E-state index in [0.717, 1.165) is 37.4 Å². The van der Waals surface area contributed by atoms with Crippen LogP contribution < -0.4 is 9.47 Å². The molecule has 0 spiro atoms. The van der Waals surface area contributed by atoms with E-state index in [-0.39, 0.29) is 23.8 Å². The van der Waals surface area contributed by atoms with E-state index in [2.05, 4.69) is 4.90 Å². The highest BCUT2D eigenvalue weighted by molar-refractivity contribution is 6.42. The number of benzene rings is 2. The summed E-state index contributed by atoms with van der Waals surface area (Å²) in [5.41, 5.74) is 0.947. The summed E-state index contributed by atoms with van der Waals surface area (Å²) in [6.07, 6.45) is 3.99. The van der Waals surface area contributed by atoms with E-state index in [4.69, 9.17) is 32.7 Å². The van der Waals surface area contributed by atoms with E-state index >= 15 is 0 Å². The van der Waals surface area contributed by atoms with Crippen molar-refractivity contribution in [3.63, 3.8) is 0 Å². The van der Waals surface area contributed by atoms with Crippen molar-refractivity contribution in [1.29, 1.82) is 0 Å². The van der Waals surface area contributed by atoms with Crippen LogP contribution in [0.2, 0.25) is 10.0 Å². The van der Waals surface area contributed by atoms with Crippen LogP contribution in [0, 0.1) is 11.8 Å². The summed E-state index contributed by atoms with van der Waals surface area (Å²) in [4.78, 5) is 32.9. The fourth-order valence-electron chi connectivity index (χ4n) is 5.67. The number of likely N-dealkylation sites (N-methyl/N-ethyl adjacent to an activating group) is 1. The third kappa shape index (κ3) is 6.22. The average molecular weight is 561 g/mol. The smallest absolute Gasteiger partial charge is 0.415 e. The molecule has 2 aromatic rings. The van der Waals surface area contributed by atoms with Crippen LogP contribution in [0.25, 0.3) is 0 Å². The first-order valence-corrected chi connectivity index (χ1v) is 14.1. The summed E-state index contributed by atoms with van der Waals surface area (Å²) in [6, 6.07) is 12.2. The number of likely N-dealkylation sites (tertiary alicyclic amines) is 2. The molecule has 0 bridgehead atoms. The SMILES string of the molecule is COc1ccc(OC(=O)N(C)[C@@H]2CN(C(=O)C3CCN(CC4CC4)CC3)C[C@H]2c2ccc(Cl)c(Cl)c2)cc1. The molecular weight excluding hydrogens is 525 g/mol. The van der Waals surface area contributed by atoms with Gasteiger partial charge in [0.15, 0.2) is 0 Å². The van der Waals surface area contributed by atoms with Gasteiger partial charge in [-0.15, -0.1) is 0 Å². The predicted octanol–water partition coefficient (Wildman–Crippen LogP) is 5.55. The van der Waals surface area contributed by atoms with Crippen LogP contribution in [0.5, 0.6) is 11.5 Å². The van der Waals surface area contributed by atoms with Crippen LogP contribution in [0.4, 0.5) is 4.79 Å². The zero-order valence-corrected chi connectivity index (χ0v) is 23.5. The molecule has 38 heavy (non-hydrogen) atoms. The van der Waals surface area contributed by atoms with Crippen molar-refractivity contribution in [2.75, 3.05) is 46.9 Å². The topological polar surface area (TPSA) is 62.3 Å². The van der Waals surface area contributed by atoms with Gasteiger partial charge in [-0.3, -0.25) is 4.79 Å². The lowest BCUT2D eigenvalue weighted by Gasteiger charge is -2.33. The molecule has 2 aliphatic heterocycles. The Morgan fingerprint density at radius 1 is 0.947 bits per heavy atom. The lowest BCUT2D eigenvalue weighted by atomic mass is 9.93. The lowest BCUT2D eigenvalue weighted by Crippen LogP contribution is -2.45. The number of methoxy groups -OCH3 is 1. The van der Waals surface area contributed by atoms with E-state index in [1.165, 1.54) is 19.4 Å². The van der Waals surface area contributed by atoms with E-state index in [0.29, 0.717) is 34.6 Å². The third-order valence-corrected chi connectivity index (χ3v) is 8.91. The molecule has 5 rings (SSSR count). The fourth-order valence-corrected chi connectivity index (χ4v) is 5.97. The van der Waals surface area contributed by atoms with Gasteiger partial charge in [-0.1, -0.05) is 29.3 Å². The molecule has 0 N–H and O–H groups in total. The Labute approximate surface area is 234 Å². The Kier molecular flexibility index (Phi) is 8.36. The first-order chi connectivity index (χ1) is 18.3. The van der Waals surface area contributed by atoms with Crippen molar-refractivity contribution in [2.45, 2.75) is 37.6 Å². The van der Waals surface area contributed by atoms with Crippen LogP contribution in [0.3, 0.4) is 0 Å². The minimum absolute atomic E-state index is 0.0233. The second kappa shape index (κ2) is 11.7. The number of halogens is 2. The van der Waals surface area contributed by atoms with Gasteiger partial charge < -0.3 is 24.2 Å². The van der Waals surface area contributed by atoms with Crippen LogP contribution in [0.1, 0.15) is 37.2 Å². The largest absolute Gasteiger partial charge is 0.497 e. The van der Waals surface area contributed by atoms with Gasteiger partial charge in [0.05, 0.1) is 23.2 Å². The molecule has 7 nitrogen and oxygen atoms in total. The fraction of sp³-hybridized carbons (Fsp3) is 0.517. The van der Waals surface area contributed by atoms with Gasteiger partial charge in [-0.25, -0.2) is 4.79 Å². The normalized spacial score (nSPS) is 22.4. The van der Waals surface area contributed by atoms with E-state index in [1.54, 1.807) is 49.4 Å². The number of piperidine rings is 1. The molecule has 9 heteroatoms. The van der Waals surface area contributed by atoms with E-state index in [9.17, 15) is 9.59 Å². The summed E-state index contributed by atoms with van der Waals surface area (Å²) in [5, 5.41) is 0.933. The van der Waals surface area contributed by atoms with Crippen LogP contribution in [0.15, 0.2) is 42.5 Å². The molecule has 2 amide bonds. The van der Waals surface area contributed by atoms with Gasteiger partial charge in [-0.2, -0.15) is 0 Å².